The van der Waals surface area contributed by atoms with Crippen LogP contribution < -0.4 is 5.32 Å². The molecule has 92 valence electrons. The molecule has 1 unspecified atom stereocenters. The van der Waals surface area contributed by atoms with Crippen molar-refractivity contribution in [2.24, 2.45) is 5.92 Å². The summed E-state index contributed by atoms with van der Waals surface area (Å²) in [5.74, 6) is -0.552. The Hall–Kier alpha value is -0.0700. The summed E-state index contributed by atoms with van der Waals surface area (Å²) in [6.07, 6.45) is 1.96. The van der Waals surface area contributed by atoms with Crippen LogP contribution in [-0.2, 0) is 4.79 Å². The van der Waals surface area contributed by atoms with E-state index in [1.54, 1.807) is 0 Å². The van der Waals surface area contributed by atoms with Crippen LogP contribution in [0, 0.1) is 5.92 Å². The van der Waals surface area contributed by atoms with Gasteiger partial charge in [0, 0.05) is 13.4 Å². The first-order valence-electron chi connectivity index (χ1n) is 5.13. The number of carboxylic acids is 1. The van der Waals surface area contributed by atoms with Gasteiger partial charge in [0.05, 0.1) is 5.69 Å². The largest absolute Gasteiger partial charge is 0.480 e. The highest BCUT2D eigenvalue weighted by Crippen LogP contribution is 2.39. The number of carbonyl (C=O) groups is 1. The van der Waals surface area contributed by atoms with Gasteiger partial charge in [0.15, 0.2) is 0 Å². The van der Waals surface area contributed by atoms with Gasteiger partial charge in [-0.05, 0) is 62.8 Å². The van der Waals surface area contributed by atoms with Crippen molar-refractivity contribution >= 4 is 59.4 Å². The average molecular weight is 428 g/mol. The van der Waals surface area contributed by atoms with Gasteiger partial charge in [-0.3, -0.25) is 0 Å². The van der Waals surface area contributed by atoms with Gasteiger partial charge in [0.25, 0.3) is 0 Å². The first kappa shape index (κ1) is 13.4. The number of hydrogen-bond donors (Lipinski definition) is 2. The van der Waals surface area contributed by atoms with Crippen molar-refractivity contribution in [3.8, 4) is 0 Å². The van der Waals surface area contributed by atoms with Crippen LogP contribution in [0.4, 0.5) is 5.69 Å². The topological polar surface area (TPSA) is 49.3 Å². The monoisotopic (exact) mass is 425 g/mol. The molecule has 1 fully saturated rings. The summed E-state index contributed by atoms with van der Waals surface area (Å²) in [7, 11) is 0. The molecule has 0 bridgehead atoms. The van der Waals surface area contributed by atoms with Crippen molar-refractivity contribution < 1.29 is 9.90 Å². The quantitative estimate of drug-likeness (QED) is 0.755. The molecule has 0 aliphatic heterocycles. The highest BCUT2D eigenvalue weighted by molar-refractivity contribution is 9.11. The Bertz CT molecular complexity index is 437. The SMILES string of the molecule is O=C(O)C(Nc1c(Br)cc(Br)cc1Br)C1CC1. The fraction of sp³-hybridized carbons (Fsp3) is 0.364. The van der Waals surface area contributed by atoms with Crippen molar-refractivity contribution in [2.75, 3.05) is 5.32 Å². The first-order chi connectivity index (χ1) is 7.99. The summed E-state index contributed by atoms with van der Waals surface area (Å²) >= 11 is 10.2. The summed E-state index contributed by atoms with van der Waals surface area (Å²) in [4.78, 5) is 11.2. The van der Waals surface area contributed by atoms with E-state index >= 15 is 0 Å². The van der Waals surface area contributed by atoms with Gasteiger partial charge in [0.2, 0.25) is 0 Å². The van der Waals surface area contributed by atoms with E-state index in [1.807, 2.05) is 12.1 Å². The number of halogens is 3. The fourth-order valence-electron chi connectivity index (χ4n) is 1.65. The van der Waals surface area contributed by atoms with E-state index in [9.17, 15) is 9.90 Å². The molecule has 0 aromatic heterocycles. The van der Waals surface area contributed by atoms with E-state index in [1.165, 1.54) is 0 Å². The van der Waals surface area contributed by atoms with E-state index in [4.69, 9.17) is 0 Å². The molecule has 17 heavy (non-hydrogen) atoms. The summed E-state index contributed by atoms with van der Waals surface area (Å²) in [5.41, 5.74) is 0.785. The molecule has 6 heteroatoms. The lowest BCUT2D eigenvalue weighted by molar-refractivity contribution is -0.138. The Labute approximate surface area is 124 Å². The molecule has 0 heterocycles. The molecule has 1 aliphatic rings. The minimum absolute atomic E-state index is 0.245. The number of aliphatic carboxylic acids is 1. The van der Waals surface area contributed by atoms with Crippen molar-refractivity contribution in [1.29, 1.82) is 0 Å². The Morgan fingerprint density at radius 3 is 2.24 bits per heavy atom. The Morgan fingerprint density at radius 1 is 1.29 bits per heavy atom. The second-order valence-electron chi connectivity index (χ2n) is 4.04. The summed E-state index contributed by atoms with van der Waals surface area (Å²) in [6, 6.07) is 3.27. The van der Waals surface area contributed by atoms with Crippen LogP contribution in [0.15, 0.2) is 25.6 Å². The van der Waals surface area contributed by atoms with Gasteiger partial charge >= 0.3 is 5.97 Å². The predicted molar refractivity (Wildman–Crippen MR) is 77.3 cm³/mol. The van der Waals surface area contributed by atoms with E-state index in [2.05, 4.69) is 53.1 Å². The molecule has 1 saturated carbocycles. The molecule has 1 aromatic rings. The van der Waals surface area contributed by atoms with Crippen molar-refractivity contribution in [3.05, 3.63) is 25.6 Å². The normalized spacial score (nSPS) is 16.6. The molecule has 3 nitrogen and oxygen atoms in total. The smallest absolute Gasteiger partial charge is 0.326 e. The maximum atomic E-state index is 11.2. The maximum Gasteiger partial charge on any atom is 0.326 e. The molecule has 2 rings (SSSR count). The fourth-order valence-corrected chi connectivity index (χ4v) is 4.13. The Balaban J connectivity index is 2.25. The van der Waals surface area contributed by atoms with Crippen LogP contribution in [0.5, 0.6) is 0 Å². The van der Waals surface area contributed by atoms with Crippen LogP contribution in [-0.4, -0.2) is 17.1 Å². The molecule has 1 atom stereocenters. The van der Waals surface area contributed by atoms with Gasteiger partial charge in [-0.2, -0.15) is 0 Å². The first-order valence-corrected chi connectivity index (χ1v) is 7.51. The lowest BCUT2D eigenvalue weighted by atomic mass is 10.1. The van der Waals surface area contributed by atoms with E-state index in [0.717, 1.165) is 31.9 Å². The number of anilines is 1. The van der Waals surface area contributed by atoms with Crippen LogP contribution in [0.2, 0.25) is 0 Å². The predicted octanol–water partition coefficient (Wildman–Crippen LogP) is 4.25. The third-order valence-electron chi connectivity index (χ3n) is 2.67. The molecule has 0 spiro atoms. The van der Waals surface area contributed by atoms with Crippen LogP contribution in [0.25, 0.3) is 0 Å². The lowest BCUT2D eigenvalue weighted by Crippen LogP contribution is -2.31. The molecule has 2 N–H and O–H groups in total. The Kier molecular flexibility index (Phi) is 4.15. The standard InChI is InChI=1S/C11H10Br3NO2/c12-6-3-7(13)10(8(14)4-6)15-9(11(16)17)5-1-2-5/h3-5,9,15H,1-2H2,(H,16,17). The molecule has 0 radical (unpaired) electrons. The zero-order valence-corrected chi connectivity index (χ0v) is 13.5. The van der Waals surface area contributed by atoms with Gasteiger partial charge in [-0.25, -0.2) is 4.79 Å². The van der Waals surface area contributed by atoms with Gasteiger partial charge in [0.1, 0.15) is 6.04 Å². The molecule has 0 saturated heterocycles. The van der Waals surface area contributed by atoms with Gasteiger partial charge in [-0.15, -0.1) is 0 Å². The van der Waals surface area contributed by atoms with Crippen molar-refractivity contribution in [1.82, 2.24) is 0 Å². The third-order valence-corrected chi connectivity index (χ3v) is 4.37. The van der Waals surface area contributed by atoms with E-state index < -0.39 is 12.0 Å². The summed E-state index contributed by atoms with van der Waals surface area (Å²) in [6.45, 7) is 0. The highest BCUT2D eigenvalue weighted by Gasteiger charge is 2.36. The van der Waals surface area contributed by atoms with Crippen molar-refractivity contribution in [2.45, 2.75) is 18.9 Å². The van der Waals surface area contributed by atoms with Crippen LogP contribution in [0.1, 0.15) is 12.8 Å². The second kappa shape index (κ2) is 5.28. The minimum Gasteiger partial charge on any atom is -0.480 e. The summed E-state index contributed by atoms with van der Waals surface area (Å²) < 4.78 is 2.61. The zero-order valence-electron chi connectivity index (χ0n) is 8.71. The maximum absolute atomic E-state index is 11.2. The molecular formula is C11H10Br3NO2. The summed E-state index contributed by atoms with van der Waals surface area (Å²) in [5, 5.41) is 12.3. The molecular weight excluding hydrogens is 418 g/mol. The van der Waals surface area contributed by atoms with Crippen LogP contribution >= 0.6 is 47.8 Å². The molecule has 0 amide bonds. The molecule has 1 aliphatic carbocycles. The second-order valence-corrected chi connectivity index (χ2v) is 6.67. The highest BCUT2D eigenvalue weighted by atomic mass is 79.9. The molecule has 1 aromatic carbocycles. The van der Waals surface area contributed by atoms with Crippen molar-refractivity contribution in [3.63, 3.8) is 0 Å². The number of rotatable bonds is 4. The average Bonchev–Trinajstić information content (AvgIpc) is 2.99. The van der Waals surface area contributed by atoms with Gasteiger partial charge < -0.3 is 10.4 Å². The third kappa shape index (κ3) is 3.23. The van der Waals surface area contributed by atoms with Crippen LogP contribution in [0.3, 0.4) is 0 Å². The lowest BCUT2D eigenvalue weighted by Gasteiger charge is -2.17. The number of carboxylic acid groups (broad SMARTS) is 1. The number of nitrogens with one attached hydrogen (secondary N) is 1. The van der Waals surface area contributed by atoms with Gasteiger partial charge in [-0.1, -0.05) is 15.9 Å². The van der Waals surface area contributed by atoms with E-state index in [-0.39, 0.29) is 5.92 Å². The zero-order chi connectivity index (χ0) is 12.6. The number of benzene rings is 1. The van der Waals surface area contributed by atoms with E-state index in [0.29, 0.717) is 0 Å². The number of hydrogen-bond acceptors (Lipinski definition) is 2. The minimum atomic E-state index is -0.797. The Morgan fingerprint density at radius 2 is 1.82 bits per heavy atom.